The first-order chi connectivity index (χ1) is 12.2. The summed E-state index contributed by atoms with van der Waals surface area (Å²) in [5.74, 6) is 0.135. The van der Waals surface area contributed by atoms with Gasteiger partial charge in [0.05, 0.1) is 38.0 Å². The quantitative estimate of drug-likeness (QED) is 0.732. The number of fused-ring (bicyclic) bond motifs is 1. The molecule has 0 saturated heterocycles. The van der Waals surface area contributed by atoms with Crippen molar-refractivity contribution in [1.82, 2.24) is 14.9 Å². The number of hydrogen-bond donors (Lipinski definition) is 0. The number of amides is 1. The van der Waals surface area contributed by atoms with E-state index in [1.807, 2.05) is 0 Å². The molecule has 0 aromatic carbocycles. The van der Waals surface area contributed by atoms with Gasteiger partial charge >= 0.3 is 6.18 Å². The summed E-state index contributed by atoms with van der Waals surface area (Å²) >= 11 is 6.03. The summed E-state index contributed by atoms with van der Waals surface area (Å²) in [7, 11) is 0. The SMILES string of the molecule is Cc1cc(CN2Cc3c(ccnc3Cl)C2=O)ncc1OCCC(F)(F)F. The molecule has 0 fully saturated rings. The number of hydrogen-bond acceptors (Lipinski definition) is 4. The van der Waals surface area contributed by atoms with Crippen LogP contribution < -0.4 is 4.74 Å². The minimum Gasteiger partial charge on any atom is -0.491 e. The molecule has 9 heteroatoms. The zero-order valence-electron chi connectivity index (χ0n) is 13.8. The first-order valence-corrected chi connectivity index (χ1v) is 8.20. The highest BCUT2D eigenvalue weighted by Crippen LogP contribution is 2.29. The highest BCUT2D eigenvalue weighted by Gasteiger charge is 2.30. The molecule has 1 aliphatic heterocycles. The number of carbonyl (C=O) groups excluding carboxylic acids is 1. The van der Waals surface area contributed by atoms with Crippen molar-refractivity contribution in [1.29, 1.82) is 0 Å². The normalized spacial score (nSPS) is 13.9. The van der Waals surface area contributed by atoms with Gasteiger partial charge in [-0.15, -0.1) is 0 Å². The van der Waals surface area contributed by atoms with Gasteiger partial charge in [0.25, 0.3) is 5.91 Å². The number of alkyl halides is 3. The molecule has 1 amide bonds. The molecule has 3 rings (SSSR count). The average Bonchev–Trinajstić information content (AvgIpc) is 2.87. The molecule has 3 heterocycles. The van der Waals surface area contributed by atoms with Crippen LogP contribution in [0.4, 0.5) is 13.2 Å². The summed E-state index contributed by atoms with van der Waals surface area (Å²) in [6, 6.07) is 3.32. The molecule has 0 saturated carbocycles. The van der Waals surface area contributed by atoms with E-state index in [1.54, 1.807) is 24.0 Å². The van der Waals surface area contributed by atoms with Crippen molar-refractivity contribution in [2.24, 2.45) is 0 Å². The lowest BCUT2D eigenvalue weighted by atomic mass is 10.2. The standard InChI is InChI=1S/C17H15ClF3N3O2/c1-10-6-11(23-7-14(10)26-5-3-17(19,20)21)8-24-9-13-12(16(24)25)2-4-22-15(13)18/h2,4,6-7H,3,5,8-9H2,1H3. The Morgan fingerprint density at radius 3 is 2.77 bits per heavy atom. The average molecular weight is 386 g/mol. The molecule has 1 aliphatic rings. The Kier molecular flexibility index (Phi) is 5.04. The number of rotatable bonds is 5. The predicted molar refractivity (Wildman–Crippen MR) is 88.0 cm³/mol. The first-order valence-electron chi connectivity index (χ1n) is 7.82. The molecule has 0 bridgehead atoms. The van der Waals surface area contributed by atoms with Gasteiger partial charge in [0.2, 0.25) is 0 Å². The number of carbonyl (C=O) groups is 1. The van der Waals surface area contributed by atoms with E-state index in [-0.39, 0.29) is 12.5 Å². The van der Waals surface area contributed by atoms with Gasteiger partial charge < -0.3 is 9.64 Å². The zero-order valence-corrected chi connectivity index (χ0v) is 14.6. The Labute approximate surface area is 152 Å². The largest absolute Gasteiger partial charge is 0.491 e. The number of pyridine rings is 2. The van der Waals surface area contributed by atoms with Crippen LogP contribution in [0.15, 0.2) is 24.5 Å². The van der Waals surface area contributed by atoms with E-state index in [1.165, 1.54) is 12.4 Å². The van der Waals surface area contributed by atoms with Crippen molar-refractivity contribution < 1.29 is 22.7 Å². The van der Waals surface area contributed by atoms with Crippen LogP contribution in [-0.4, -0.2) is 33.6 Å². The third-order valence-electron chi connectivity index (χ3n) is 3.99. The molecule has 2 aromatic rings. The van der Waals surface area contributed by atoms with Crippen molar-refractivity contribution >= 4 is 17.5 Å². The molecular formula is C17H15ClF3N3O2. The molecular weight excluding hydrogens is 371 g/mol. The molecule has 0 N–H and O–H groups in total. The van der Waals surface area contributed by atoms with Crippen LogP contribution in [0.25, 0.3) is 0 Å². The van der Waals surface area contributed by atoms with E-state index in [0.717, 1.165) is 0 Å². The van der Waals surface area contributed by atoms with Crippen LogP contribution in [0, 0.1) is 6.92 Å². The van der Waals surface area contributed by atoms with Crippen LogP contribution in [0.2, 0.25) is 5.15 Å². The molecule has 138 valence electrons. The fraction of sp³-hybridized carbons (Fsp3) is 0.353. The highest BCUT2D eigenvalue weighted by molar-refractivity contribution is 6.30. The summed E-state index contributed by atoms with van der Waals surface area (Å²) in [4.78, 5) is 22.2. The molecule has 0 spiro atoms. The molecule has 2 aromatic heterocycles. The number of aryl methyl sites for hydroxylation is 1. The molecule has 0 radical (unpaired) electrons. The topological polar surface area (TPSA) is 55.3 Å². The Morgan fingerprint density at radius 1 is 1.35 bits per heavy atom. The third-order valence-corrected chi connectivity index (χ3v) is 4.31. The first kappa shape index (κ1) is 18.4. The van der Waals surface area contributed by atoms with Gasteiger partial charge in [-0.3, -0.25) is 9.78 Å². The Morgan fingerprint density at radius 2 is 2.12 bits per heavy atom. The van der Waals surface area contributed by atoms with E-state index in [4.69, 9.17) is 16.3 Å². The van der Waals surface area contributed by atoms with Crippen LogP contribution in [-0.2, 0) is 13.1 Å². The van der Waals surface area contributed by atoms with Crippen molar-refractivity contribution in [3.63, 3.8) is 0 Å². The lowest BCUT2D eigenvalue weighted by Crippen LogP contribution is -2.23. The molecule has 0 atom stereocenters. The Balaban J connectivity index is 1.66. The molecule has 5 nitrogen and oxygen atoms in total. The Hall–Kier alpha value is -2.35. The van der Waals surface area contributed by atoms with Crippen molar-refractivity contribution in [3.8, 4) is 5.75 Å². The number of nitrogens with zero attached hydrogens (tertiary/aromatic N) is 3. The lowest BCUT2D eigenvalue weighted by molar-refractivity contribution is -0.139. The fourth-order valence-electron chi connectivity index (χ4n) is 2.69. The van der Waals surface area contributed by atoms with Crippen molar-refractivity contribution in [3.05, 3.63) is 52.1 Å². The maximum absolute atomic E-state index is 12.4. The number of halogens is 4. The molecule has 26 heavy (non-hydrogen) atoms. The summed E-state index contributed by atoms with van der Waals surface area (Å²) < 4.78 is 41.7. The van der Waals surface area contributed by atoms with Crippen molar-refractivity contribution in [2.75, 3.05) is 6.61 Å². The summed E-state index contributed by atoms with van der Waals surface area (Å²) in [5.41, 5.74) is 2.47. The highest BCUT2D eigenvalue weighted by atomic mass is 35.5. The Bertz CT molecular complexity index is 842. The maximum Gasteiger partial charge on any atom is 0.392 e. The van der Waals surface area contributed by atoms with Crippen LogP contribution in [0.5, 0.6) is 5.75 Å². The molecule has 0 unspecified atom stereocenters. The van der Waals surface area contributed by atoms with Crippen molar-refractivity contribution in [2.45, 2.75) is 32.6 Å². The van der Waals surface area contributed by atoms with E-state index < -0.39 is 19.2 Å². The van der Waals surface area contributed by atoms with Gasteiger partial charge in [-0.25, -0.2) is 4.98 Å². The maximum atomic E-state index is 12.4. The van der Waals surface area contributed by atoms with E-state index in [2.05, 4.69) is 9.97 Å². The van der Waals surface area contributed by atoms with E-state index >= 15 is 0 Å². The zero-order chi connectivity index (χ0) is 18.9. The van der Waals surface area contributed by atoms with Gasteiger partial charge in [0, 0.05) is 17.3 Å². The van der Waals surface area contributed by atoms with Gasteiger partial charge in [-0.05, 0) is 24.6 Å². The van der Waals surface area contributed by atoms with Gasteiger partial charge in [-0.1, -0.05) is 11.6 Å². The number of aromatic nitrogens is 2. The molecule has 0 aliphatic carbocycles. The summed E-state index contributed by atoms with van der Waals surface area (Å²) in [5, 5.41) is 0.302. The second kappa shape index (κ2) is 7.11. The van der Waals surface area contributed by atoms with Crippen LogP contribution in [0.3, 0.4) is 0 Å². The van der Waals surface area contributed by atoms with Crippen LogP contribution >= 0.6 is 11.6 Å². The predicted octanol–water partition coefficient (Wildman–Crippen LogP) is 3.93. The van der Waals surface area contributed by atoms with Gasteiger partial charge in [0.15, 0.2) is 0 Å². The minimum atomic E-state index is -4.26. The smallest absolute Gasteiger partial charge is 0.392 e. The van der Waals surface area contributed by atoms with E-state index in [9.17, 15) is 18.0 Å². The van der Waals surface area contributed by atoms with Gasteiger partial charge in [-0.2, -0.15) is 13.2 Å². The van der Waals surface area contributed by atoms with Gasteiger partial charge in [0.1, 0.15) is 10.9 Å². The second-order valence-corrected chi connectivity index (χ2v) is 6.30. The van der Waals surface area contributed by atoms with E-state index in [0.29, 0.717) is 39.8 Å². The second-order valence-electron chi connectivity index (χ2n) is 5.94. The lowest BCUT2D eigenvalue weighted by Gasteiger charge is -2.16. The third kappa shape index (κ3) is 4.07. The van der Waals surface area contributed by atoms with Crippen LogP contribution in [0.1, 0.15) is 33.6 Å². The fourth-order valence-corrected chi connectivity index (χ4v) is 2.91. The summed E-state index contributed by atoms with van der Waals surface area (Å²) in [6.45, 7) is 1.85. The summed E-state index contributed by atoms with van der Waals surface area (Å²) in [6.07, 6.45) is -2.42. The monoisotopic (exact) mass is 385 g/mol. The minimum absolute atomic E-state index is 0.158. The number of ether oxygens (including phenoxy) is 1.